The summed E-state index contributed by atoms with van der Waals surface area (Å²) in [6.07, 6.45) is 6.03. The minimum absolute atomic E-state index is 0.0215. The highest BCUT2D eigenvalue weighted by Crippen LogP contribution is 2.44. The first kappa shape index (κ1) is 18.4. The molecule has 0 N–H and O–H groups in total. The Morgan fingerprint density at radius 2 is 2.20 bits per heavy atom. The van der Waals surface area contributed by atoms with Crippen LogP contribution in [0.3, 0.4) is 0 Å². The van der Waals surface area contributed by atoms with Gasteiger partial charge in [0, 0.05) is 12.3 Å². The van der Waals surface area contributed by atoms with Gasteiger partial charge in [-0.05, 0) is 36.1 Å². The molecule has 2 rings (SSSR count). The van der Waals surface area contributed by atoms with Crippen LogP contribution < -0.4 is 0 Å². The van der Waals surface area contributed by atoms with E-state index in [0.29, 0.717) is 17.4 Å². The second-order valence-electron chi connectivity index (χ2n) is 6.09. The molecule has 0 amide bonds. The van der Waals surface area contributed by atoms with Crippen LogP contribution in [0.4, 0.5) is 0 Å². The van der Waals surface area contributed by atoms with E-state index in [1.165, 1.54) is 0 Å². The average Bonchev–Trinajstić information content (AvgIpc) is 2.61. The van der Waals surface area contributed by atoms with Gasteiger partial charge in [-0.2, -0.15) is 5.26 Å². The summed E-state index contributed by atoms with van der Waals surface area (Å²) in [7, 11) is 0. The van der Waals surface area contributed by atoms with Crippen LogP contribution in [0, 0.1) is 29.6 Å². The van der Waals surface area contributed by atoms with Crippen LogP contribution in [0.1, 0.15) is 24.5 Å². The largest absolute Gasteiger partial charge is 0.465 e. The molecule has 25 heavy (non-hydrogen) atoms. The summed E-state index contributed by atoms with van der Waals surface area (Å²) in [5.41, 5.74) is 1.53. The van der Waals surface area contributed by atoms with Crippen molar-refractivity contribution in [3.05, 3.63) is 65.3 Å². The third-order valence-electron chi connectivity index (χ3n) is 4.43. The van der Waals surface area contributed by atoms with Gasteiger partial charge in [-0.15, -0.1) is 0 Å². The van der Waals surface area contributed by atoms with Gasteiger partial charge < -0.3 is 4.74 Å². The topological polar surface area (TPSA) is 67.2 Å². The van der Waals surface area contributed by atoms with Crippen molar-refractivity contribution in [3.63, 3.8) is 0 Å². The lowest BCUT2D eigenvalue weighted by atomic mass is 9.65. The Balaban J connectivity index is 2.50. The molecule has 2 atom stereocenters. The van der Waals surface area contributed by atoms with E-state index in [1.807, 2.05) is 43.3 Å². The number of carbonyl (C=O) groups is 2. The number of allylic oxidation sites excluding steroid dienone is 4. The molecule has 0 heterocycles. The fourth-order valence-electron chi connectivity index (χ4n) is 3.08. The highest BCUT2D eigenvalue weighted by Gasteiger charge is 2.50. The number of hydrogen-bond donors (Lipinski definition) is 0. The van der Waals surface area contributed by atoms with Gasteiger partial charge in [-0.1, -0.05) is 49.1 Å². The van der Waals surface area contributed by atoms with Crippen molar-refractivity contribution in [1.82, 2.24) is 0 Å². The lowest BCUT2D eigenvalue weighted by molar-refractivity contribution is -0.153. The van der Waals surface area contributed by atoms with E-state index in [-0.39, 0.29) is 13.0 Å². The van der Waals surface area contributed by atoms with E-state index >= 15 is 0 Å². The van der Waals surface area contributed by atoms with Gasteiger partial charge in [0.2, 0.25) is 0 Å². The fraction of sp³-hybridized carbons (Fsp3) is 0.286. The molecule has 1 aromatic rings. The molecule has 0 saturated carbocycles. The van der Waals surface area contributed by atoms with Gasteiger partial charge in [0.15, 0.2) is 5.41 Å². The summed E-state index contributed by atoms with van der Waals surface area (Å²) >= 11 is 0. The number of aryl methyl sites for hydroxylation is 1. The Kier molecular flexibility index (Phi) is 5.71. The van der Waals surface area contributed by atoms with Crippen molar-refractivity contribution in [2.45, 2.75) is 20.3 Å². The van der Waals surface area contributed by atoms with Gasteiger partial charge in [-0.25, -0.2) is 0 Å². The number of hydrogen-bond acceptors (Lipinski definition) is 4. The molecular weight excluding hydrogens is 314 g/mol. The van der Waals surface area contributed by atoms with E-state index in [9.17, 15) is 14.9 Å². The quantitative estimate of drug-likeness (QED) is 0.606. The van der Waals surface area contributed by atoms with Crippen molar-refractivity contribution < 1.29 is 14.3 Å². The lowest BCUT2D eigenvalue weighted by Gasteiger charge is -2.35. The SMILES string of the molecule is C=C1C=C(C=O)C[C@@](C#N)(C(=O)OCC)[C@H]1/C=C/c1ccccc1C. The van der Waals surface area contributed by atoms with E-state index < -0.39 is 17.3 Å². The summed E-state index contributed by atoms with van der Waals surface area (Å²) in [6.45, 7) is 7.82. The van der Waals surface area contributed by atoms with Crippen molar-refractivity contribution in [1.29, 1.82) is 5.26 Å². The molecule has 0 aliphatic heterocycles. The fourth-order valence-corrected chi connectivity index (χ4v) is 3.08. The van der Waals surface area contributed by atoms with Crippen molar-refractivity contribution in [2.75, 3.05) is 6.61 Å². The standard InChI is InChI=1S/C21H21NO3/c1-4-25-20(24)21(14-22)12-17(13-23)11-16(3)19(21)10-9-18-8-6-5-7-15(18)2/h5-11,13,19H,3-4,12H2,1-2H3/b10-9+/t19-,21-/m0/s1. The first-order valence-electron chi connectivity index (χ1n) is 8.15. The third-order valence-corrected chi connectivity index (χ3v) is 4.43. The number of esters is 1. The maximum atomic E-state index is 12.6. The maximum Gasteiger partial charge on any atom is 0.327 e. The summed E-state index contributed by atoms with van der Waals surface area (Å²) in [6, 6.07) is 9.94. The number of aldehydes is 1. The predicted molar refractivity (Wildman–Crippen MR) is 96.3 cm³/mol. The summed E-state index contributed by atoms with van der Waals surface area (Å²) in [4.78, 5) is 23.8. The number of benzene rings is 1. The number of rotatable bonds is 5. The molecule has 0 aromatic heterocycles. The van der Waals surface area contributed by atoms with Gasteiger partial charge >= 0.3 is 5.97 Å². The predicted octanol–water partition coefficient (Wildman–Crippen LogP) is 3.78. The molecule has 1 aromatic carbocycles. The Bertz CT molecular complexity index is 798. The minimum Gasteiger partial charge on any atom is -0.465 e. The zero-order valence-electron chi connectivity index (χ0n) is 14.5. The first-order chi connectivity index (χ1) is 12.0. The van der Waals surface area contributed by atoms with Crippen LogP contribution in [0.5, 0.6) is 0 Å². The number of nitrogens with zero attached hydrogens (tertiary/aromatic N) is 1. The monoisotopic (exact) mass is 335 g/mol. The molecule has 1 aliphatic rings. The van der Waals surface area contributed by atoms with Crippen molar-refractivity contribution >= 4 is 18.3 Å². The minimum atomic E-state index is -1.47. The van der Waals surface area contributed by atoms with E-state index in [0.717, 1.165) is 11.1 Å². The lowest BCUT2D eigenvalue weighted by Crippen LogP contribution is -2.41. The highest BCUT2D eigenvalue weighted by atomic mass is 16.5. The van der Waals surface area contributed by atoms with Crippen LogP contribution in [-0.4, -0.2) is 18.9 Å². The average molecular weight is 335 g/mol. The van der Waals surface area contributed by atoms with Gasteiger partial charge in [0.25, 0.3) is 0 Å². The molecule has 0 bridgehead atoms. The molecule has 0 radical (unpaired) electrons. The third kappa shape index (κ3) is 3.61. The van der Waals surface area contributed by atoms with Gasteiger partial charge in [-0.3, -0.25) is 9.59 Å². The van der Waals surface area contributed by atoms with Crippen molar-refractivity contribution in [2.24, 2.45) is 11.3 Å². The highest BCUT2D eigenvalue weighted by molar-refractivity contribution is 5.87. The van der Waals surface area contributed by atoms with Crippen LogP contribution in [0.15, 0.2) is 54.1 Å². The van der Waals surface area contributed by atoms with Gasteiger partial charge in [0.1, 0.15) is 6.29 Å². The molecule has 128 valence electrons. The zero-order chi connectivity index (χ0) is 18.4. The Labute approximate surface area is 148 Å². The van der Waals surface area contributed by atoms with E-state index in [4.69, 9.17) is 4.74 Å². The Morgan fingerprint density at radius 1 is 1.48 bits per heavy atom. The molecular formula is C21H21NO3. The second kappa shape index (κ2) is 7.76. The molecule has 0 unspecified atom stereocenters. The normalized spacial score (nSPS) is 23.0. The van der Waals surface area contributed by atoms with Crippen LogP contribution >= 0.6 is 0 Å². The van der Waals surface area contributed by atoms with Crippen LogP contribution in [-0.2, 0) is 14.3 Å². The first-order valence-corrected chi connectivity index (χ1v) is 8.15. The number of carbonyl (C=O) groups excluding carboxylic acids is 2. The maximum absolute atomic E-state index is 12.6. The van der Waals surface area contributed by atoms with E-state index in [1.54, 1.807) is 13.0 Å². The Hall–Kier alpha value is -2.93. The number of nitriles is 1. The van der Waals surface area contributed by atoms with Crippen molar-refractivity contribution in [3.8, 4) is 6.07 Å². The van der Waals surface area contributed by atoms with Crippen LogP contribution in [0.25, 0.3) is 6.08 Å². The smallest absolute Gasteiger partial charge is 0.327 e. The molecule has 0 saturated heterocycles. The molecule has 4 nitrogen and oxygen atoms in total. The summed E-state index contributed by atoms with van der Waals surface area (Å²) in [5, 5.41) is 9.82. The van der Waals surface area contributed by atoms with Crippen LogP contribution in [0.2, 0.25) is 0 Å². The number of ether oxygens (including phenoxy) is 1. The molecule has 0 spiro atoms. The zero-order valence-corrected chi connectivity index (χ0v) is 14.5. The molecule has 0 fully saturated rings. The Morgan fingerprint density at radius 3 is 2.80 bits per heavy atom. The molecule has 4 heteroatoms. The summed E-state index contributed by atoms with van der Waals surface area (Å²) in [5.74, 6) is -1.18. The summed E-state index contributed by atoms with van der Waals surface area (Å²) < 4.78 is 5.14. The van der Waals surface area contributed by atoms with Gasteiger partial charge in [0.05, 0.1) is 12.7 Å². The second-order valence-corrected chi connectivity index (χ2v) is 6.09. The molecule has 1 aliphatic carbocycles. The van der Waals surface area contributed by atoms with E-state index in [2.05, 4.69) is 12.6 Å².